The molecule has 1 aromatic heterocycles. The SMILES string of the molecule is CCc1nccn1CCOc1cc(CN2CCC[C@](O)(COc3ccc(C)cc3C)CC2)ccc1OC. The lowest BCUT2D eigenvalue weighted by molar-refractivity contribution is -0.0170. The van der Waals surface area contributed by atoms with Crippen LogP contribution < -0.4 is 14.2 Å². The minimum absolute atomic E-state index is 0.321. The number of nitrogens with zero attached hydrogens (tertiary/aromatic N) is 3. The maximum Gasteiger partial charge on any atom is 0.161 e. The molecule has 1 N–H and O–H groups in total. The van der Waals surface area contributed by atoms with Crippen molar-refractivity contribution in [2.45, 2.75) is 65.1 Å². The van der Waals surface area contributed by atoms with Gasteiger partial charge >= 0.3 is 0 Å². The van der Waals surface area contributed by atoms with Gasteiger partial charge in [0.05, 0.1) is 19.3 Å². The van der Waals surface area contributed by atoms with Gasteiger partial charge in [-0.15, -0.1) is 0 Å². The minimum atomic E-state index is -0.815. The van der Waals surface area contributed by atoms with Crippen LogP contribution in [-0.2, 0) is 19.5 Å². The van der Waals surface area contributed by atoms with Crippen LogP contribution in [0.5, 0.6) is 17.2 Å². The number of likely N-dealkylation sites (tertiary alicyclic amines) is 1. The molecule has 3 aromatic rings. The highest BCUT2D eigenvalue weighted by atomic mass is 16.5. The molecule has 1 fully saturated rings. The second kappa shape index (κ2) is 12.5. The van der Waals surface area contributed by atoms with Gasteiger partial charge in [-0.25, -0.2) is 4.98 Å². The van der Waals surface area contributed by atoms with Crippen LogP contribution >= 0.6 is 0 Å². The van der Waals surface area contributed by atoms with Gasteiger partial charge in [0, 0.05) is 31.9 Å². The van der Waals surface area contributed by atoms with Crippen molar-refractivity contribution < 1.29 is 19.3 Å². The van der Waals surface area contributed by atoms with Crippen molar-refractivity contribution in [1.29, 1.82) is 0 Å². The summed E-state index contributed by atoms with van der Waals surface area (Å²) in [6, 6.07) is 12.3. The fraction of sp³-hybridized carbons (Fsp3) is 0.500. The molecule has 0 saturated carbocycles. The quantitative estimate of drug-likeness (QED) is 0.396. The smallest absolute Gasteiger partial charge is 0.161 e. The van der Waals surface area contributed by atoms with Crippen molar-refractivity contribution in [3.05, 3.63) is 71.3 Å². The standard InChI is InChI=1S/C30H41N3O4/c1-5-29-31-13-16-33(29)17-18-36-28-20-25(8-10-27(28)35-4)21-32-14-6-11-30(34,12-15-32)22-37-26-9-7-23(2)19-24(26)3/h7-10,13,16,19-20,34H,5-6,11-12,14-15,17-18,21-22H2,1-4H3/t30-/m1/s1. The first-order valence-corrected chi connectivity index (χ1v) is 13.3. The highest BCUT2D eigenvalue weighted by Gasteiger charge is 2.31. The number of hydrogen-bond acceptors (Lipinski definition) is 6. The van der Waals surface area contributed by atoms with Crippen LogP contribution in [0.1, 0.15) is 48.7 Å². The van der Waals surface area contributed by atoms with E-state index in [0.29, 0.717) is 19.6 Å². The number of aromatic nitrogens is 2. The molecule has 1 aliphatic heterocycles. The molecule has 2 aromatic carbocycles. The van der Waals surface area contributed by atoms with Crippen LogP contribution in [0.2, 0.25) is 0 Å². The summed E-state index contributed by atoms with van der Waals surface area (Å²) in [5, 5.41) is 11.3. The Hall–Kier alpha value is -3.03. The number of imidazole rings is 1. The topological polar surface area (TPSA) is 69.0 Å². The summed E-state index contributed by atoms with van der Waals surface area (Å²) in [5.41, 5.74) is 2.67. The molecular weight excluding hydrogens is 466 g/mol. The Morgan fingerprint density at radius 1 is 1.00 bits per heavy atom. The maximum absolute atomic E-state index is 11.3. The molecular formula is C30H41N3O4. The van der Waals surface area contributed by atoms with Crippen LogP contribution in [0.15, 0.2) is 48.8 Å². The lowest BCUT2D eigenvalue weighted by Crippen LogP contribution is -2.37. The van der Waals surface area contributed by atoms with E-state index < -0.39 is 5.60 Å². The summed E-state index contributed by atoms with van der Waals surface area (Å²) >= 11 is 0. The lowest BCUT2D eigenvalue weighted by Gasteiger charge is -2.27. The molecule has 2 heterocycles. The summed E-state index contributed by atoms with van der Waals surface area (Å²) in [4.78, 5) is 6.78. The number of aliphatic hydroxyl groups is 1. The maximum atomic E-state index is 11.3. The van der Waals surface area contributed by atoms with Crippen molar-refractivity contribution in [3.63, 3.8) is 0 Å². The molecule has 0 radical (unpaired) electrons. The minimum Gasteiger partial charge on any atom is -0.493 e. The third kappa shape index (κ3) is 7.27. The molecule has 200 valence electrons. The Balaban J connectivity index is 1.32. The summed E-state index contributed by atoms with van der Waals surface area (Å²) in [6.45, 7) is 10.4. The van der Waals surface area contributed by atoms with Gasteiger partial charge in [0.25, 0.3) is 0 Å². The molecule has 0 amide bonds. The average molecular weight is 508 g/mol. The lowest BCUT2D eigenvalue weighted by atomic mass is 9.96. The zero-order valence-electron chi connectivity index (χ0n) is 22.7. The Labute approximate surface area is 221 Å². The number of methoxy groups -OCH3 is 1. The second-order valence-corrected chi connectivity index (χ2v) is 10.1. The number of rotatable bonds is 11. The zero-order chi connectivity index (χ0) is 26.3. The first-order chi connectivity index (χ1) is 17.9. The largest absolute Gasteiger partial charge is 0.493 e. The van der Waals surface area contributed by atoms with Crippen molar-refractivity contribution >= 4 is 0 Å². The predicted octanol–water partition coefficient (Wildman–Crippen LogP) is 4.95. The summed E-state index contributed by atoms with van der Waals surface area (Å²) < 4.78 is 19.9. The third-order valence-corrected chi connectivity index (χ3v) is 7.18. The van der Waals surface area contributed by atoms with Crippen LogP contribution in [-0.4, -0.2) is 58.6 Å². The van der Waals surface area contributed by atoms with E-state index >= 15 is 0 Å². The average Bonchev–Trinajstić information content (AvgIpc) is 3.26. The van der Waals surface area contributed by atoms with E-state index in [9.17, 15) is 5.11 Å². The van der Waals surface area contributed by atoms with Gasteiger partial charge in [-0.1, -0.05) is 30.7 Å². The molecule has 0 aliphatic carbocycles. The van der Waals surface area contributed by atoms with Gasteiger partial charge in [0.15, 0.2) is 11.5 Å². The Kier molecular flexibility index (Phi) is 9.11. The molecule has 0 unspecified atom stereocenters. The van der Waals surface area contributed by atoms with Gasteiger partial charge in [0.1, 0.15) is 24.8 Å². The van der Waals surface area contributed by atoms with E-state index in [0.717, 1.165) is 74.1 Å². The first kappa shape index (κ1) is 27.0. The Morgan fingerprint density at radius 2 is 1.84 bits per heavy atom. The van der Waals surface area contributed by atoms with Gasteiger partial charge in [0.2, 0.25) is 0 Å². The first-order valence-electron chi connectivity index (χ1n) is 13.3. The summed E-state index contributed by atoms with van der Waals surface area (Å²) in [7, 11) is 1.67. The third-order valence-electron chi connectivity index (χ3n) is 7.18. The molecule has 4 rings (SSSR count). The van der Waals surface area contributed by atoms with Crippen LogP contribution in [0.3, 0.4) is 0 Å². The number of hydrogen-bond donors (Lipinski definition) is 1. The molecule has 1 saturated heterocycles. The van der Waals surface area contributed by atoms with Gasteiger partial charge in [-0.3, -0.25) is 4.90 Å². The van der Waals surface area contributed by atoms with E-state index in [2.05, 4.69) is 46.5 Å². The van der Waals surface area contributed by atoms with E-state index in [1.165, 1.54) is 11.1 Å². The van der Waals surface area contributed by atoms with Crippen molar-refractivity contribution in [2.24, 2.45) is 0 Å². The number of benzene rings is 2. The molecule has 1 atom stereocenters. The number of ether oxygens (including phenoxy) is 3. The van der Waals surface area contributed by atoms with E-state index in [1.807, 2.05) is 37.5 Å². The molecule has 7 nitrogen and oxygen atoms in total. The normalized spacial score (nSPS) is 18.4. The van der Waals surface area contributed by atoms with Gasteiger partial charge in [-0.2, -0.15) is 0 Å². The summed E-state index contributed by atoms with van der Waals surface area (Å²) in [6.07, 6.45) is 7.06. The zero-order valence-corrected chi connectivity index (χ0v) is 22.7. The molecule has 1 aliphatic rings. The Bertz CT molecular complexity index is 1160. The fourth-order valence-electron chi connectivity index (χ4n) is 5.01. The Morgan fingerprint density at radius 3 is 2.62 bits per heavy atom. The molecule has 0 spiro atoms. The van der Waals surface area contributed by atoms with Crippen molar-refractivity contribution in [1.82, 2.24) is 14.5 Å². The number of aryl methyl sites for hydroxylation is 3. The molecule has 0 bridgehead atoms. The van der Waals surface area contributed by atoms with Crippen LogP contribution in [0.25, 0.3) is 0 Å². The highest BCUT2D eigenvalue weighted by molar-refractivity contribution is 5.43. The van der Waals surface area contributed by atoms with Crippen molar-refractivity contribution in [2.75, 3.05) is 33.4 Å². The predicted molar refractivity (Wildman–Crippen MR) is 146 cm³/mol. The summed E-state index contributed by atoms with van der Waals surface area (Å²) in [5.74, 6) is 3.40. The molecule has 7 heteroatoms. The van der Waals surface area contributed by atoms with Gasteiger partial charge in [-0.05, 0) is 69.0 Å². The monoisotopic (exact) mass is 507 g/mol. The second-order valence-electron chi connectivity index (χ2n) is 10.1. The van der Waals surface area contributed by atoms with E-state index in [1.54, 1.807) is 7.11 Å². The van der Waals surface area contributed by atoms with E-state index in [4.69, 9.17) is 14.2 Å². The van der Waals surface area contributed by atoms with Gasteiger partial charge < -0.3 is 23.9 Å². The highest BCUT2D eigenvalue weighted by Crippen LogP contribution is 2.30. The van der Waals surface area contributed by atoms with E-state index in [-0.39, 0.29) is 0 Å². The fourth-order valence-corrected chi connectivity index (χ4v) is 5.01. The van der Waals surface area contributed by atoms with Crippen molar-refractivity contribution in [3.8, 4) is 17.2 Å². The van der Waals surface area contributed by atoms with Crippen LogP contribution in [0, 0.1) is 13.8 Å². The van der Waals surface area contributed by atoms with Crippen LogP contribution in [0.4, 0.5) is 0 Å². The molecule has 37 heavy (non-hydrogen) atoms.